The molecule has 1 unspecified atom stereocenters. The molecule has 148 valence electrons. The van der Waals surface area contributed by atoms with E-state index in [1.165, 1.54) is 19.3 Å². The molecule has 7 heteroatoms. The second kappa shape index (κ2) is 11.1. The smallest absolute Gasteiger partial charge is 0.328 e. The molecule has 1 aromatic carbocycles. The van der Waals surface area contributed by atoms with Crippen molar-refractivity contribution in [2.45, 2.75) is 33.1 Å². The predicted molar refractivity (Wildman–Crippen MR) is 101 cm³/mol. The molecule has 2 rings (SSSR count). The van der Waals surface area contributed by atoms with E-state index in [-0.39, 0.29) is 17.5 Å². The molecular formula is C20H27NO6. The highest BCUT2D eigenvalue weighted by Gasteiger charge is 2.20. The average molecular weight is 377 g/mol. The molecule has 0 spiro atoms. The summed E-state index contributed by atoms with van der Waals surface area (Å²) in [6, 6.07) is 5.20. The molecule has 0 bridgehead atoms. The van der Waals surface area contributed by atoms with Crippen LogP contribution in [0.1, 0.15) is 42.1 Å². The largest absolute Gasteiger partial charge is 0.508 e. The van der Waals surface area contributed by atoms with Crippen molar-refractivity contribution in [3.8, 4) is 5.75 Å². The van der Waals surface area contributed by atoms with Crippen LogP contribution in [0.5, 0.6) is 5.75 Å². The van der Waals surface area contributed by atoms with Crippen molar-refractivity contribution in [3.05, 3.63) is 41.5 Å². The zero-order valence-corrected chi connectivity index (χ0v) is 15.7. The fourth-order valence-electron chi connectivity index (χ4n) is 2.80. The summed E-state index contributed by atoms with van der Waals surface area (Å²) in [6.45, 7) is 6.86. The molecule has 27 heavy (non-hydrogen) atoms. The molecule has 0 aromatic heterocycles. The molecule has 1 fully saturated rings. The minimum Gasteiger partial charge on any atom is -0.508 e. The number of ketones is 1. The number of aliphatic carboxylic acids is 2. The predicted octanol–water partition coefficient (Wildman–Crippen LogP) is 2.72. The third kappa shape index (κ3) is 8.50. The lowest BCUT2D eigenvalue weighted by atomic mass is 9.97. The van der Waals surface area contributed by atoms with Gasteiger partial charge in [-0.3, -0.25) is 4.79 Å². The van der Waals surface area contributed by atoms with E-state index in [0.29, 0.717) is 17.7 Å². The Labute approximate surface area is 158 Å². The Kier molecular flexibility index (Phi) is 9.22. The van der Waals surface area contributed by atoms with Crippen molar-refractivity contribution in [1.82, 2.24) is 4.90 Å². The number of Topliss-reactive ketones (excluding diaryl/α,β-unsaturated/α-hetero) is 1. The zero-order valence-electron chi connectivity index (χ0n) is 15.7. The summed E-state index contributed by atoms with van der Waals surface area (Å²) in [5, 5.41) is 25.3. The molecule has 1 aliphatic rings. The molecule has 1 aromatic rings. The van der Waals surface area contributed by atoms with Crippen molar-refractivity contribution in [2.24, 2.45) is 5.92 Å². The highest BCUT2D eigenvalue weighted by Crippen LogP contribution is 2.20. The Morgan fingerprint density at radius 2 is 1.63 bits per heavy atom. The number of aromatic hydroxyl groups is 1. The van der Waals surface area contributed by atoms with Crippen LogP contribution in [-0.4, -0.2) is 57.6 Å². The second-order valence-corrected chi connectivity index (χ2v) is 6.64. The number of hydrogen-bond acceptors (Lipinski definition) is 5. The Morgan fingerprint density at radius 1 is 1.07 bits per heavy atom. The Bertz CT molecular complexity index is 676. The highest BCUT2D eigenvalue weighted by atomic mass is 16.4. The maximum atomic E-state index is 12.3. The lowest BCUT2D eigenvalue weighted by Gasteiger charge is -2.28. The van der Waals surface area contributed by atoms with Gasteiger partial charge < -0.3 is 20.2 Å². The van der Waals surface area contributed by atoms with Crippen molar-refractivity contribution in [3.63, 3.8) is 0 Å². The van der Waals surface area contributed by atoms with Gasteiger partial charge in [-0.05, 0) is 44.5 Å². The van der Waals surface area contributed by atoms with Crippen LogP contribution in [0.15, 0.2) is 30.4 Å². The maximum absolute atomic E-state index is 12.3. The number of benzene rings is 1. The number of phenols is 1. The van der Waals surface area contributed by atoms with Gasteiger partial charge in [0.1, 0.15) is 5.75 Å². The number of rotatable bonds is 6. The van der Waals surface area contributed by atoms with E-state index in [0.717, 1.165) is 25.2 Å². The summed E-state index contributed by atoms with van der Waals surface area (Å²) in [7, 11) is 0. The van der Waals surface area contributed by atoms with Gasteiger partial charge >= 0.3 is 11.9 Å². The number of aryl methyl sites for hydroxylation is 1. The third-order valence-corrected chi connectivity index (χ3v) is 4.29. The normalized spacial score (nSPS) is 15.6. The molecule has 0 aliphatic carbocycles. The van der Waals surface area contributed by atoms with Crippen molar-refractivity contribution in [1.29, 1.82) is 0 Å². The first kappa shape index (κ1) is 22.4. The van der Waals surface area contributed by atoms with Crippen molar-refractivity contribution >= 4 is 17.7 Å². The van der Waals surface area contributed by atoms with Crippen LogP contribution in [0.2, 0.25) is 0 Å². The lowest BCUT2D eigenvalue weighted by molar-refractivity contribution is -0.134. The van der Waals surface area contributed by atoms with E-state index < -0.39 is 11.9 Å². The van der Waals surface area contributed by atoms with E-state index >= 15 is 0 Å². The van der Waals surface area contributed by atoms with Crippen LogP contribution in [-0.2, 0) is 9.59 Å². The summed E-state index contributed by atoms with van der Waals surface area (Å²) in [4.78, 5) is 33.8. The molecule has 0 saturated carbocycles. The number of piperidine rings is 1. The lowest BCUT2D eigenvalue weighted by Crippen LogP contribution is -2.35. The number of nitrogens with zero attached hydrogens (tertiary/aromatic N) is 1. The number of carbonyl (C=O) groups is 3. The Balaban J connectivity index is 0.000000387. The molecular weight excluding hydrogens is 350 g/mol. The van der Waals surface area contributed by atoms with Gasteiger partial charge in [0.2, 0.25) is 0 Å². The maximum Gasteiger partial charge on any atom is 0.328 e. The first-order valence-corrected chi connectivity index (χ1v) is 8.90. The SMILES string of the molecule is Cc1ccc(C(=O)C(C)CN2CCCCC2)cc1O.O=C(O)/C=C/C(=O)O. The average Bonchev–Trinajstić information content (AvgIpc) is 2.63. The molecule has 1 atom stereocenters. The van der Waals surface area contributed by atoms with Crippen LogP contribution in [0, 0.1) is 12.8 Å². The summed E-state index contributed by atoms with van der Waals surface area (Å²) in [5.74, 6) is -2.20. The molecule has 0 amide bonds. The van der Waals surface area contributed by atoms with Gasteiger partial charge in [0.05, 0.1) is 0 Å². The van der Waals surface area contributed by atoms with Crippen LogP contribution >= 0.6 is 0 Å². The topological polar surface area (TPSA) is 115 Å². The van der Waals surface area contributed by atoms with Gasteiger partial charge in [-0.1, -0.05) is 25.5 Å². The summed E-state index contributed by atoms with van der Waals surface area (Å²) >= 11 is 0. The molecule has 0 radical (unpaired) electrons. The summed E-state index contributed by atoms with van der Waals surface area (Å²) in [5.41, 5.74) is 1.42. The van der Waals surface area contributed by atoms with Crippen LogP contribution in [0.4, 0.5) is 0 Å². The fraction of sp³-hybridized carbons (Fsp3) is 0.450. The van der Waals surface area contributed by atoms with Gasteiger partial charge in [-0.2, -0.15) is 0 Å². The van der Waals surface area contributed by atoms with Crippen LogP contribution in [0.25, 0.3) is 0 Å². The summed E-state index contributed by atoms with van der Waals surface area (Å²) < 4.78 is 0. The number of carboxylic acids is 2. The molecule has 1 saturated heterocycles. The number of carboxylic acid groups (broad SMARTS) is 2. The fourth-order valence-corrected chi connectivity index (χ4v) is 2.80. The number of phenolic OH excluding ortho intramolecular Hbond substituents is 1. The molecule has 1 aliphatic heterocycles. The molecule has 7 nitrogen and oxygen atoms in total. The minimum atomic E-state index is -1.26. The zero-order chi connectivity index (χ0) is 20.4. The van der Waals surface area contributed by atoms with E-state index in [9.17, 15) is 19.5 Å². The highest BCUT2D eigenvalue weighted by molar-refractivity contribution is 5.98. The molecule has 3 N–H and O–H groups in total. The van der Waals surface area contributed by atoms with Crippen molar-refractivity contribution < 1.29 is 29.7 Å². The van der Waals surface area contributed by atoms with Gasteiger partial charge in [0.25, 0.3) is 0 Å². The standard InChI is InChI=1S/C16H23NO2.C4H4O4/c1-12-6-7-14(10-15(12)18)16(19)13(2)11-17-8-4-3-5-9-17;5-3(6)1-2-4(7)8/h6-7,10,13,18H,3-5,8-9,11H2,1-2H3;1-2H,(H,5,6)(H,7,8)/b;2-1+. The molecule has 1 heterocycles. The van der Waals surface area contributed by atoms with Gasteiger partial charge in [-0.15, -0.1) is 0 Å². The third-order valence-electron chi connectivity index (χ3n) is 4.29. The number of likely N-dealkylation sites (tertiary alicyclic amines) is 1. The first-order valence-electron chi connectivity index (χ1n) is 8.90. The quantitative estimate of drug-likeness (QED) is 0.516. The minimum absolute atomic E-state index is 0.0137. The van der Waals surface area contributed by atoms with E-state index in [2.05, 4.69) is 4.90 Å². The number of carbonyl (C=O) groups excluding carboxylic acids is 1. The number of hydrogen-bond donors (Lipinski definition) is 3. The van der Waals surface area contributed by atoms with Crippen LogP contribution < -0.4 is 0 Å². The van der Waals surface area contributed by atoms with Gasteiger partial charge in [0, 0.05) is 30.2 Å². The Hall–Kier alpha value is -2.67. The van der Waals surface area contributed by atoms with E-state index in [1.54, 1.807) is 12.1 Å². The second-order valence-electron chi connectivity index (χ2n) is 6.64. The van der Waals surface area contributed by atoms with E-state index in [1.807, 2.05) is 19.9 Å². The monoisotopic (exact) mass is 377 g/mol. The van der Waals surface area contributed by atoms with Crippen LogP contribution in [0.3, 0.4) is 0 Å². The Morgan fingerprint density at radius 3 is 2.11 bits per heavy atom. The summed E-state index contributed by atoms with van der Waals surface area (Å²) in [6.07, 6.45) is 4.91. The van der Waals surface area contributed by atoms with Gasteiger partial charge in [-0.25, -0.2) is 9.59 Å². The first-order chi connectivity index (χ1) is 12.7. The van der Waals surface area contributed by atoms with E-state index in [4.69, 9.17) is 10.2 Å². The van der Waals surface area contributed by atoms with Crippen molar-refractivity contribution in [2.75, 3.05) is 19.6 Å². The van der Waals surface area contributed by atoms with Gasteiger partial charge in [0.15, 0.2) is 5.78 Å².